The minimum Gasteiger partial charge on any atom is -0.298 e. The van der Waals surface area contributed by atoms with Gasteiger partial charge < -0.3 is 0 Å². The second-order valence-corrected chi connectivity index (χ2v) is 4.27. The average molecular weight is 241 g/mol. The van der Waals surface area contributed by atoms with Gasteiger partial charge in [-0.2, -0.15) is 0 Å². The SMILES string of the molecule is O=Cc1cc(F)ccc1-c1sccc1Cl. The number of benzene rings is 1. The molecule has 1 aromatic carbocycles. The highest BCUT2D eigenvalue weighted by molar-refractivity contribution is 7.14. The summed E-state index contributed by atoms with van der Waals surface area (Å²) in [5.74, 6) is -0.423. The second kappa shape index (κ2) is 4.13. The Kier molecular flexibility index (Phi) is 2.84. The molecule has 2 aromatic rings. The molecule has 0 saturated heterocycles. The molecular weight excluding hydrogens is 235 g/mol. The third kappa shape index (κ3) is 1.94. The van der Waals surface area contributed by atoms with Crippen LogP contribution in [-0.4, -0.2) is 6.29 Å². The number of hydrogen-bond acceptors (Lipinski definition) is 2. The topological polar surface area (TPSA) is 17.1 Å². The average Bonchev–Trinajstić information content (AvgIpc) is 2.64. The summed E-state index contributed by atoms with van der Waals surface area (Å²) in [5.41, 5.74) is 0.991. The third-order valence-corrected chi connectivity index (χ3v) is 3.38. The molecule has 0 spiro atoms. The standard InChI is InChI=1S/C11H6ClFOS/c12-10-3-4-15-11(10)9-2-1-8(13)5-7(9)6-14/h1-6H. The second-order valence-electron chi connectivity index (χ2n) is 2.95. The van der Waals surface area contributed by atoms with E-state index in [0.717, 1.165) is 4.88 Å². The van der Waals surface area contributed by atoms with Crippen LogP contribution in [0.2, 0.25) is 5.02 Å². The van der Waals surface area contributed by atoms with Gasteiger partial charge in [0.25, 0.3) is 0 Å². The van der Waals surface area contributed by atoms with Crippen molar-refractivity contribution in [2.24, 2.45) is 0 Å². The Morgan fingerprint density at radius 3 is 2.73 bits per heavy atom. The molecule has 1 aromatic heterocycles. The summed E-state index contributed by atoms with van der Waals surface area (Å²) in [5, 5.41) is 2.41. The first-order valence-corrected chi connectivity index (χ1v) is 5.46. The normalized spacial score (nSPS) is 10.3. The highest BCUT2D eigenvalue weighted by Crippen LogP contribution is 2.34. The van der Waals surface area contributed by atoms with Gasteiger partial charge in [0.1, 0.15) is 5.82 Å². The van der Waals surface area contributed by atoms with Crippen LogP contribution in [0, 0.1) is 5.82 Å². The van der Waals surface area contributed by atoms with Crippen LogP contribution in [0.3, 0.4) is 0 Å². The summed E-state index contributed by atoms with van der Waals surface area (Å²) in [4.78, 5) is 11.6. The summed E-state index contributed by atoms with van der Waals surface area (Å²) in [6.45, 7) is 0. The van der Waals surface area contributed by atoms with Crippen molar-refractivity contribution in [2.75, 3.05) is 0 Å². The molecular formula is C11H6ClFOS. The molecule has 0 aliphatic carbocycles. The molecule has 0 aliphatic heterocycles. The van der Waals surface area contributed by atoms with Crippen LogP contribution in [0.1, 0.15) is 10.4 Å². The summed E-state index contributed by atoms with van der Waals surface area (Å²) < 4.78 is 12.9. The van der Waals surface area contributed by atoms with E-state index in [1.807, 2.05) is 5.38 Å². The molecule has 0 aliphatic rings. The summed E-state index contributed by atoms with van der Waals surface area (Å²) in [7, 11) is 0. The van der Waals surface area contributed by atoms with E-state index >= 15 is 0 Å². The number of carbonyl (C=O) groups excluding carboxylic acids is 1. The molecule has 15 heavy (non-hydrogen) atoms. The van der Waals surface area contributed by atoms with E-state index in [1.54, 1.807) is 12.1 Å². The van der Waals surface area contributed by atoms with E-state index in [-0.39, 0.29) is 0 Å². The number of carbonyl (C=O) groups is 1. The van der Waals surface area contributed by atoms with Crippen molar-refractivity contribution in [3.8, 4) is 10.4 Å². The lowest BCUT2D eigenvalue weighted by atomic mass is 10.1. The van der Waals surface area contributed by atoms with E-state index in [0.29, 0.717) is 22.4 Å². The molecule has 0 radical (unpaired) electrons. The van der Waals surface area contributed by atoms with E-state index in [2.05, 4.69) is 0 Å². The molecule has 0 unspecified atom stereocenters. The minimum absolute atomic E-state index is 0.319. The molecule has 0 amide bonds. The molecule has 0 saturated carbocycles. The Labute approximate surface area is 95.1 Å². The molecule has 0 bridgehead atoms. The molecule has 1 nitrogen and oxygen atoms in total. The van der Waals surface area contributed by atoms with Crippen molar-refractivity contribution in [2.45, 2.75) is 0 Å². The molecule has 2 rings (SSSR count). The van der Waals surface area contributed by atoms with Crippen molar-refractivity contribution in [1.82, 2.24) is 0 Å². The van der Waals surface area contributed by atoms with Gasteiger partial charge in [-0.05, 0) is 29.6 Å². The highest BCUT2D eigenvalue weighted by Gasteiger charge is 2.10. The van der Waals surface area contributed by atoms with Gasteiger partial charge in [0, 0.05) is 11.1 Å². The molecule has 4 heteroatoms. The molecule has 0 atom stereocenters. The number of thiophene rings is 1. The van der Waals surface area contributed by atoms with Crippen LogP contribution < -0.4 is 0 Å². The first kappa shape index (κ1) is 10.3. The minimum atomic E-state index is -0.423. The lowest BCUT2D eigenvalue weighted by molar-refractivity contribution is 0.112. The molecule has 1 heterocycles. The zero-order valence-corrected chi connectivity index (χ0v) is 9.11. The van der Waals surface area contributed by atoms with Crippen LogP contribution in [0.25, 0.3) is 10.4 Å². The van der Waals surface area contributed by atoms with E-state index in [1.165, 1.54) is 23.5 Å². The predicted molar refractivity (Wildman–Crippen MR) is 60.1 cm³/mol. The van der Waals surface area contributed by atoms with Gasteiger partial charge in [-0.3, -0.25) is 4.79 Å². The lowest BCUT2D eigenvalue weighted by Crippen LogP contribution is -1.87. The molecule has 0 fully saturated rings. The fraction of sp³-hybridized carbons (Fsp3) is 0. The third-order valence-electron chi connectivity index (χ3n) is 2.00. The Morgan fingerprint density at radius 2 is 2.13 bits per heavy atom. The fourth-order valence-corrected chi connectivity index (χ4v) is 2.53. The monoisotopic (exact) mass is 240 g/mol. The molecule has 76 valence electrons. The van der Waals surface area contributed by atoms with Gasteiger partial charge in [-0.25, -0.2) is 4.39 Å². The predicted octanol–water partition coefficient (Wildman–Crippen LogP) is 4.02. The van der Waals surface area contributed by atoms with Crippen LogP contribution in [0.5, 0.6) is 0 Å². The zero-order chi connectivity index (χ0) is 10.8. The smallest absolute Gasteiger partial charge is 0.150 e. The number of halogens is 2. The van der Waals surface area contributed by atoms with Crippen molar-refractivity contribution in [1.29, 1.82) is 0 Å². The van der Waals surface area contributed by atoms with E-state index in [4.69, 9.17) is 11.6 Å². The number of rotatable bonds is 2. The first-order valence-electron chi connectivity index (χ1n) is 4.20. The Balaban J connectivity index is 2.63. The Bertz CT molecular complexity index is 507. The number of aldehydes is 1. The van der Waals surface area contributed by atoms with Gasteiger partial charge in [0.05, 0.1) is 9.90 Å². The summed E-state index contributed by atoms with van der Waals surface area (Å²) in [6, 6.07) is 5.84. The van der Waals surface area contributed by atoms with E-state index in [9.17, 15) is 9.18 Å². The van der Waals surface area contributed by atoms with Crippen molar-refractivity contribution >= 4 is 29.2 Å². The van der Waals surface area contributed by atoms with Crippen LogP contribution in [0.4, 0.5) is 4.39 Å². The Morgan fingerprint density at radius 1 is 1.33 bits per heavy atom. The first-order chi connectivity index (χ1) is 7.22. The zero-order valence-electron chi connectivity index (χ0n) is 7.54. The van der Waals surface area contributed by atoms with Gasteiger partial charge in [0.15, 0.2) is 6.29 Å². The lowest BCUT2D eigenvalue weighted by Gasteiger charge is -2.02. The summed E-state index contributed by atoms with van der Waals surface area (Å²) >= 11 is 7.37. The quantitative estimate of drug-likeness (QED) is 0.725. The maximum atomic E-state index is 12.9. The van der Waals surface area contributed by atoms with Crippen molar-refractivity contribution in [3.05, 3.63) is 46.0 Å². The fourth-order valence-electron chi connectivity index (χ4n) is 1.32. The Hall–Kier alpha value is -1.19. The van der Waals surface area contributed by atoms with Gasteiger partial charge in [-0.15, -0.1) is 11.3 Å². The van der Waals surface area contributed by atoms with Crippen LogP contribution in [-0.2, 0) is 0 Å². The maximum Gasteiger partial charge on any atom is 0.150 e. The van der Waals surface area contributed by atoms with Gasteiger partial charge >= 0.3 is 0 Å². The maximum absolute atomic E-state index is 12.9. The van der Waals surface area contributed by atoms with Crippen LogP contribution in [0.15, 0.2) is 29.6 Å². The highest BCUT2D eigenvalue weighted by atomic mass is 35.5. The summed E-state index contributed by atoms with van der Waals surface area (Å²) in [6.07, 6.45) is 0.633. The largest absolute Gasteiger partial charge is 0.298 e. The van der Waals surface area contributed by atoms with Crippen molar-refractivity contribution in [3.63, 3.8) is 0 Å². The van der Waals surface area contributed by atoms with Crippen LogP contribution >= 0.6 is 22.9 Å². The number of hydrogen-bond donors (Lipinski definition) is 0. The van der Waals surface area contributed by atoms with Crippen molar-refractivity contribution < 1.29 is 9.18 Å². The van der Waals surface area contributed by atoms with Gasteiger partial charge in [0.2, 0.25) is 0 Å². The van der Waals surface area contributed by atoms with Gasteiger partial charge in [-0.1, -0.05) is 11.6 Å². The molecule has 0 N–H and O–H groups in total. The van der Waals surface area contributed by atoms with E-state index < -0.39 is 5.82 Å².